The lowest BCUT2D eigenvalue weighted by Crippen LogP contribution is -2.58. The van der Waals surface area contributed by atoms with Crippen LogP contribution in [0.25, 0.3) is 26.6 Å². The van der Waals surface area contributed by atoms with Gasteiger partial charge in [0, 0.05) is 29.0 Å². The smallest absolute Gasteiger partial charge is 0.406 e. The summed E-state index contributed by atoms with van der Waals surface area (Å²) < 4.78 is 12.8. The predicted molar refractivity (Wildman–Crippen MR) is 266 cm³/mol. The minimum Gasteiger partial charge on any atom is -0.484 e. The minimum absolute atomic E-state index is 0.0348. The number of carbonyl (C=O) groups is 4. The molecule has 0 bridgehead atoms. The third kappa shape index (κ3) is 10.3. The number of ether oxygens (including phenoxy) is 2. The number of carbonyl (C=O) groups excluding carboxylic acids is 4. The topological polar surface area (TPSA) is 202 Å². The second-order valence-corrected chi connectivity index (χ2v) is 20.6. The summed E-state index contributed by atoms with van der Waals surface area (Å²) in [4.78, 5) is 66.7. The normalized spacial score (nSPS) is 17.4. The van der Waals surface area contributed by atoms with Crippen LogP contribution in [0.15, 0.2) is 83.3 Å². The Morgan fingerprint density at radius 3 is 2.17 bits per heavy atom. The van der Waals surface area contributed by atoms with E-state index in [4.69, 9.17) is 14.5 Å². The number of aryl methyl sites for hydroxylation is 3. The molecule has 5 atom stereocenters. The van der Waals surface area contributed by atoms with Gasteiger partial charge in [0.1, 0.15) is 34.7 Å². The van der Waals surface area contributed by atoms with Crippen molar-refractivity contribution in [3.63, 3.8) is 0 Å². The predicted octanol–water partition coefficient (Wildman–Crippen LogP) is 7.35. The van der Waals surface area contributed by atoms with Gasteiger partial charge >= 0.3 is 6.09 Å². The molecule has 18 heteroatoms. The van der Waals surface area contributed by atoms with Crippen LogP contribution in [0.1, 0.15) is 90.7 Å². The zero-order valence-electron chi connectivity index (χ0n) is 40.1. The van der Waals surface area contributed by atoms with E-state index in [0.29, 0.717) is 11.6 Å². The molecule has 4 N–H and O–H groups in total. The molecule has 3 unspecified atom stereocenters. The zero-order valence-corrected chi connectivity index (χ0v) is 41.8. The fourth-order valence-electron chi connectivity index (χ4n) is 8.71. The number of aromatic nitrogens is 4. The van der Waals surface area contributed by atoms with Crippen LogP contribution in [0.4, 0.5) is 4.79 Å². The summed E-state index contributed by atoms with van der Waals surface area (Å²) in [5.74, 6) is 0.472. The van der Waals surface area contributed by atoms with Gasteiger partial charge in [-0.2, -0.15) is 0 Å². The summed E-state index contributed by atoms with van der Waals surface area (Å²) >= 11 is 3.23. The number of likely N-dealkylation sites (tertiary alicyclic amines) is 1. The van der Waals surface area contributed by atoms with E-state index in [-0.39, 0.29) is 38.1 Å². The number of methoxy groups -OCH3 is 1. The van der Waals surface area contributed by atoms with Crippen LogP contribution < -0.4 is 20.7 Å². The van der Waals surface area contributed by atoms with Gasteiger partial charge < -0.3 is 35.4 Å². The maximum Gasteiger partial charge on any atom is 0.406 e. The number of aliphatic hydroxyl groups excluding tert-OH is 1. The number of aliphatic hydroxyl groups is 1. The van der Waals surface area contributed by atoms with Gasteiger partial charge in [0.2, 0.25) is 11.8 Å². The molecule has 2 aliphatic rings. The number of hydrogen-bond donors (Lipinski definition) is 4. The molecule has 0 radical (unpaired) electrons. The van der Waals surface area contributed by atoms with Gasteiger partial charge in [-0.15, -0.1) is 32.9 Å². The van der Waals surface area contributed by atoms with Crippen LogP contribution >= 0.6 is 22.7 Å². The van der Waals surface area contributed by atoms with E-state index in [0.717, 1.165) is 70.9 Å². The first-order valence-electron chi connectivity index (χ1n) is 22.8. The number of alkyl carbamates (subject to hydrolysis) is 1. The molecule has 3 aromatic carbocycles. The molecular weight excluding hydrogens is 915 g/mol. The fourth-order valence-corrected chi connectivity index (χ4v) is 10.7. The van der Waals surface area contributed by atoms with Crippen molar-refractivity contribution < 1.29 is 33.8 Å². The van der Waals surface area contributed by atoms with Crippen LogP contribution in [-0.2, 0) is 19.1 Å². The second-order valence-electron chi connectivity index (χ2n) is 18.5. The van der Waals surface area contributed by atoms with Gasteiger partial charge in [0.15, 0.2) is 12.4 Å². The highest BCUT2D eigenvalue weighted by atomic mass is 32.1. The molecule has 8 rings (SSSR count). The second kappa shape index (κ2) is 20.1. The maximum absolute atomic E-state index is 14.2. The van der Waals surface area contributed by atoms with Gasteiger partial charge in [0.05, 0.1) is 47.6 Å². The Bertz CT molecular complexity index is 2900. The van der Waals surface area contributed by atoms with E-state index in [1.54, 1.807) is 34.8 Å². The molecule has 0 spiro atoms. The van der Waals surface area contributed by atoms with E-state index < -0.39 is 47.6 Å². The Balaban J connectivity index is 0.904. The average molecular weight is 972 g/mol. The molecule has 0 aliphatic carbocycles. The molecule has 1 fully saturated rings. The first-order valence-corrected chi connectivity index (χ1v) is 24.5. The van der Waals surface area contributed by atoms with E-state index in [1.807, 2.05) is 112 Å². The quantitative estimate of drug-likeness (QED) is 0.0907. The summed E-state index contributed by atoms with van der Waals surface area (Å²) in [6, 6.07) is 20.6. The lowest BCUT2D eigenvalue weighted by atomic mass is 9.85. The first-order chi connectivity index (χ1) is 32.9. The molecular formula is C51H57N9O7S2. The van der Waals surface area contributed by atoms with E-state index in [2.05, 4.69) is 45.0 Å². The summed E-state index contributed by atoms with van der Waals surface area (Å²) in [7, 11) is 1.32. The van der Waals surface area contributed by atoms with Crippen molar-refractivity contribution in [1.29, 1.82) is 0 Å². The number of rotatable bonds is 13. The number of thiophene rings is 1. The Morgan fingerprint density at radius 2 is 1.54 bits per heavy atom. The highest BCUT2D eigenvalue weighted by molar-refractivity contribution is 7.15. The van der Waals surface area contributed by atoms with Crippen LogP contribution in [-0.4, -0.2) is 104 Å². The van der Waals surface area contributed by atoms with E-state index in [1.165, 1.54) is 12.0 Å². The molecule has 0 saturated carbocycles. The Hall–Kier alpha value is -6.76. The summed E-state index contributed by atoms with van der Waals surface area (Å²) in [6.45, 7) is 15.2. The van der Waals surface area contributed by atoms with Gasteiger partial charge in [-0.25, -0.2) is 9.78 Å². The largest absolute Gasteiger partial charge is 0.484 e. The van der Waals surface area contributed by atoms with Crippen molar-refractivity contribution in [1.82, 2.24) is 40.6 Å². The average Bonchev–Trinajstić information content (AvgIpc) is 4.10. The number of β-amino-alcohol motifs (C(OH)–C–C–N with tert-alkyl or cyclic N) is 1. The Morgan fingerprint density at radius 1 is 0.884 bits per heavy atom. The Kier molecular flexibility index (Phi) is 14.2. The number of nitrogens with one attached hydrogen (secondary N) is 3. The van der Waals surface area contributed by atoms with Crippen molar-refractivity contribution in [3.8, 4) is 32.3 Å². The summed E-state index contributed by atoms with van der Waals surface area (Å²) in [5.41, 5.74) is 9.62. The summed E-state index contributed by atoms with van der Waals surface area (Å²) in [5, 5.41) is 29.2. The lowest BCUT2D eigenvalue weighted by molar-refractivity contribution is -0.144. The molecule has 360 valence electrons. The fraction of sp³-hybridized carbons (Fsp3) is 0.373. The standard InChI is InChI=1S/C51H57N9O7S2/c1-27-30(4)69-49-42(27)43(55-39(23-52-50(65)66-9)46-58-57-31(5)60(46)49)35-14-12-33(13-15-35)34-18-20-38(21-19-34)67-25-41(62)56-45(51(6,7)8)48(64)59-24-37(61)22-40(59)47(63)54-28(2)32-10-16-36(17-11-32)44-29(3)53-26-68-44/h10-21,26,28,37,39-40,45,61H,22-25H2,1-9H3,(H,52,65)(H,54,63)(H,56,62)/t28?,37-,39?,40+,45?/m1/s1. The molecule has 1 saturated heterocycles. The number of nitrogens with zero attached hydrogens (tertiary/aromatic N) is 6. The number of aliphatic imine (C=N–C) groups is 1. The maximum atomic E-state index is 14.2. The number of thiazole rings is 1. The zero-order chi connectivity index (χ0) is 49.3. The number of fused-ring (bicyclic) bond motifs is 3. The number of hydrogen-bond acceptors (Lipinski definition) is 13. The van der Waals surface area contributed by atoms with Crippen LogP contribution in [0, 0.1) is 33.1 Å². The molecule has 3 aromatic heterocycles. The highest BCUT2D eigenvalue weighted by Crippen LogP contribution is 2.39. The summed E-state index contributed by atoms with van der Waals surface area (Å²) in [6.07, 6.45) is -1.38. The van der Waals surface area contributed by atoms with Crippen LogP contribution in [0.5, 0.6) is 5.75 Å². The van der Waals surface area contributed by atoms with Crippen molar-refractivity contribution in [2.24, 2.45) is 10.4 Å². The van der Waals surface area contributed by atoms with Gasteiger partial charge in [-0.3, -0.25) is 23.9 Å². The number of benzene rings is 3. The van der Waals surface area contributed by atoms with E-state index in [9.17, 15) is 24.3 Å². The Labute approximate surface area is 409 Å². The van der Waals surface area contributed by atoms with Crippen molar-refractivity contribution in [2.45, 2.75) is 92.1 Å². The molecule has 4 amide bonds. The SMILES string of the molecule is COC(=O)NCC1N=C(c2ccc(-c3ccc(OCC(=O)NC(C(=O)N4C[C@H](O)C[C@H]4C(=O)NC(C)c4ccc(-c5scnc5C)cc4)C(C)(C)C)cc3)cc2)c2c(sc(C)c2C)-n2c(C)nnc21. The molecule has 6 aromatic rings. The van der Waals surface area contributed by atoms with Crippen LogP contribution in [0.3, 0.4) is 0 Å². The van der Waals surface area contributed by atoms with Crippen molar-refractivity contribution in [2.75, 3.05) is 26.8 Å². The third-order valence-corrected chi connectivity index (χ3v) is 14.8. The van der Waals surface area contributed by atoms with Crippen molar-refractivity contribution >= 4 is 52.2 Å². The van der Waals surface area contributed by atoms with Gasteiger partial charge in [-0.1, -0.05) is 81.4 Å². The highest BCUT2D eigenvalue weighted by Gasteiger charge is 2.45. The third-order valence-electron chi connectivity index (χ3n) is 12.6. The monoisotopic (exact) mass is 971 g/mol. The number of amides is 4. The van der Waals surface area contributed by atoms with Crippen LogP contribution in [0.2, 0.25) is 0 Å². The van der Waals surface area contributed by atoms with E-state index >= 15 is 0 Å². The first kappa shape index (κ1) is 48.7. The molecule has 2 aliphatic heterocycles. The van der Waals surface area contributed by atoms with Gasteiger partial charge in [0.25, 0.3) is 5.91 Å². The lowest BCUT2D eigenvalue weighted by Gasteiger charge is -2.35. The molecule has 5 heterocycles. The van der Waals surface area contributed by atoms with Gasteiger partial charge in [-0.05, 0) is 80.0 Å². The van der Waals surface area contributed by atoms with Crippen molar-refractivity contribution in [3.05, 3.63) is 123 Å². The molecule has 69 heavy (non-hydrogen) atoms. The molecule has 16 nitrogen and oxygen atoms in total. The minimum atomic E-state index is -1.01.